The van der Waals surface area contributed by atoms with E-state index in [1.54, 1.807) is 6.20 Å². The first-order valence-electron chi connectivity index (χ1n) is 9.27. The number of aryl methyl sites for hydroxylation is 1. The molecule has 2 N–H and O–H groups in total. The van der Waals surface area contributed by atoms with Crippen molar-refractivity contribution in [2.45, 2.75) is 50.9 Å². The first-order valence-corrected chi connectivity index (χ1v) is 10.6. The van der Waals surface area contributed by atoms with Gasteiger partial charge >= 0.3 is 0 Å². The molecule has 1 aliphatic rings. The summed E-state index contributed by atoms with van der Waals surface area (Å²) >= 11 is 1.96. The molecule has 0 saturated heterocycles. The van der Waals surface area contributed by atoms with Crippen molar-refractivity contribution >= 4 is 41.7 Å². The van der Waals surface area contributed by atoms with Gasteiger partial charge in [-0.05, 0) is 39.4 Å². The zero-order valence-corrected chi connectivity index (χ0v) is 19.3. The molecule has 7 heteroatoms. The normalized spacial score (nSPS) is 19.6. The van der Waals surface area contributed by atoms with Crippen LogP contribution in [0.3, 0.4) is 0 Å². The van der Waals surface area contributed by atoms with Crippen LogP contribution in [-0.4, -0.2) is 35.0 Å². The van der Waals surface area contributed by atoms with Crippen LogP contribution in [0.25, 0.3) is 11.3 Å². The lowest BCUT2D eigenvalue weighted by atomic mass is 10.1. The third kappa shape index (κ3) is 6.41. The van der Waals surface area contributed by atoms with E-state index < -0.39 is 0 Å². The molecule has 2 unspecified atom stereocenters. The van der Waals surface area contributed by atoms with Gasteiger partial charge in [0.25, 0.3) is 0 Å². The number of hydrogen-bond donors (Lipinski definition) is 2. The van der Waals surface area contributed by atoms with Crippen LogP contribution in [0.1, 0.15) is 37.6 Å². The Morgan fingerprint density at radius 1 is 1.30 bits per heavy atom. The van der Waals surface area contributed by atoms with E-state index in [4.69, 9.17) is 4.42 Å². The molecule has 0 bridgehead atoms. The Hall–Kier alpha value is -1.22. The lowest BCUT2D eigenvalue weighted by molar-refractivity contribution is 0.508. The molecule has 1 heterocycles. The van der Waals surface area contributed by atoms with Gasteiger partial charge in [0.15, 0.2) is 11.7 Å². The van der Waals surface area contributed by atoms with Gasteiger partial charge in [0.05, 0.1) is 6.20 Å². The lowest BCUT2D eigenvalue weighted by Gasteiger charge is -2.16. The number of halogens is 1. The second-order valence-corrected chi connectivity index (χ2v) is 7.83. The molecule has 1 aromatic carbocycles. The third-order valence-electron chi connectivity index (χ3n) is 4.66. The summed E-state index contributed by atoms with van der Waals surface area (Å²) in [6, 6.07) is 8.75. The summed E-state index contributed by atoms with van der Waals surface area (Å²) in [6.45, 7) is 5.42. The van der Waals surface area contributed by atoms with Crippen LogP contribution in [0.2, 0.25) is 0 Å². The van der Waals surface area contributed by atoms with E-state index in [-0.39, 0.29) is 24.0 Å². The minimum Gasteiger partial charge on any atom is -0.439 e. The highest BCUT2D eigenvalue weighted by Gasteiger charge is 2.24. The predicted octanol–water partition coefficient (Wildman–Crippen LogP) is 4.61. The predicted molar refractivity (Wildman–Crippen MR) is 125 cm³/mol. The molecular formula is C20H29IN4OS. The van der Waals surface area contributed by atoms with Crippen molar-refractivity contribution in [2.75, 3.05) is 12.8 Å². The molecule has 1 aromatic heterocycles. The standard InChI is InChI=1S/C20H28N4OS.HI/c1-4-21-20(24-16-9-10-17(11-16)26-3)23-13-19-22-12-18(25-19)15-7-5-14(2)6-8-15;/h5-8,12,16-17H,4,9-11,13H2,1-3H3,(H2,21,23,24);1H. The summed E-state index contributed by atoms with van der Waals surface area (Å²) in [7, 11) is 0. The molecule has 0 radical (unpaired) electrons. The van der Waals surface area contributed by atoms with Crippen molar-refractivity contribution in [1.82, 2.24) is 15.6 Å². The minimum absolute atomic E-state index is 0. The van der Waals surface area contributed by atoms with E-state index in [0.717, 1.165) is 29.1 Å². The van der Waals surface area contributed by atoms with Crippen LogP contribution >= 0.6 is 35.7 Å². The smallest absolute Gasteiger partial charge is 0.216 e. The van der Waals surface area contributed by atoms with Gasteiger partial charge in [-0.15, -0.1) is 24.0 Å². The highest BCUT2D eigenvalue weighted by atomic mass is 127. The van der Waals surface area contributed by atoms with Gasteiger partial charge in [0, 0.05) is 23.4 Å². The van der Waals surface area contributed by atoms with E-state index in [0.29, 0.717) is 18.5 Å². The molecule has 2 atom stereocenters. The second-order valence-electron chi connectivity index (χ2n) is 6.69. The van der Waals surface area contributed by atoms with Crippen LogP contribution in [0.4, 0.5) is 0 Å². The third-order valence-corrected chi connectivity index (χ3v) is 5.76. The molecule has 3 rings (SSSR count). The molecule has 1 saturated carbocycles. The van der Waals surface area contributed by atoms with Crippen molar-refractivity contribution in [3.05, 3.63) is 41.9 Å². The van der Waals surface area contributed by atoms with Gasteiger partial charge in [0.2, 0.25) is 5.89 Å². The maximum absolute atomic E-state index is 5.87. The van der Waals surface area contributed by atoms with Gasteiger partial charge in [-0.3, -0.25) is 0 Å². The number of aliphatic imine (C=N–C) groups is 1. The summed E-state index contributed by atoms with van der Waals surface area (Å²) in [5.74, 6) is 2.26. The molecular weight excluding hydrogens is 471 g/mol. The van der Waals surface area contributed by atoms with Gasteiger partial charge in [0.1, 0.15) is 6.54 Å². The van der Waals surface area contributed by atoms with Crippen molar-refractivity contribution < 1.29 is 4.42 Å². The molecule has 1 fully saturated rings. The fourth-order valence-corrected chi connectivity index (χ4v) is 3.98. The number of nitrogens with zero attached hydrogens (tertiary/aromatic N) is 2. The van der Waals surface area contributed by atoms with Crippen LogP contribution in [0.5, 0.6) is 0 Å². The number of hydrogen-bond acceptors (Lipinski definition) is 4. The van der Waals surface area contributed by atoms with Crippen LogP contribution in [0.15, 0.2) is 39.9 Å². The fraction of sp³-hybridized carbons (Fsp3) is 0.500. The summed E-state index contributed by atoms with van der Waals surface area (Å²) in [5.41, 5.74) is 2.27. The quantitative estimate of drug-likeness (QED) is 0.345. The molecule has 0 spiro atoms. The summed E-state index contributed by atoms with van der Waals surface area (Å²) in [5, 5.41) is 7.64. The number of guanidine groups is 1. The zero-order chi connectivity index (χ0) is 18.4. The number of benzene rings is 1. The van der Waals surface area contributed by atoms with E-state index in [1.807, 2.05) is 11.8 Å². The van der Waals surface area contributed by atoms with Gasteiger partial charge in [-0.2, -0.15) is 11.8 Å². The summed E-state index contributed by atoms with van der Waals surface area (Å²) in [6.07, 6.45) is 7.64. The first-order chi connectivity index (χ1) is 12.7. The van der Waals surface area contributed by atoms with E-state index in [2.05, 4.69) is 65.0 Å². The zero-order valence-electron chi connectivity index (χ0n) is 16.2. The monoisotopic (exact) mass is 500 g/mol. The second kappa shape index (κ2) is 10.9. The van der Waals surface area contributed by atoms with Gasteiger partial charge in [-0.25, -0.2) is 9.98 Å². The Bertz CT molecular complexity index is 732. The highest BCUT2D eigenvalue weighted by molar-refractivity contribution is 14.0. The van der Waals surface area contributed by atoms with Crippen LogP contribution < -0.4 is 10.6 Å². The molecule has 148 valence electrons. The largest absolute Gasteiger partial charge is 0.439 e. The Balaban J connectivity index is 0.00000261. The number of thioether (sulfide) groups is 1. The Morgan fingerprint density at radius 2 is 2.07 bits per heavy atom. The lowest BCUT2D eigenvalue weighted by Crippen LogP contribution is -2.42. The summed E-state index contributed by atoms with van der Waals surface area (Å²) in [4.78, 5) is 9.02. The Morgan fingerprint density at radius 3 is 2.74 bits per heavy atom. The van der Waals surface area contributed by atoms with E-state index in [9.17, 15) is 0 Å². The first kappa shape index (κ1) is 22.1. The number of nitrogens with one attached hydrogen (secondary N) is 2. The van der Waals surface area contributed by atoms with Crippen LogP contribution in [0, 0.1) is 6.92 Å². The minimum atomic E-state index is 0. The van der Waals surface area contributed by atoms with E-state index in [1.165, 1.54) is 24.8 Å². The summed E-state index contributed by atoms with van der Waals surface area (Å²) < 4.78 is 5.87. The molecule has 1 aliphatic carbocycles. The fourth-order valence-electron chi connectivity index (χ4n) is 3.18. The SMILES string of the molecule is CCNC(=NCc1ncc(-c2ccc(C)cc2)o1)NC1CCC(SC)C1.I. The van der Waals surface area contributed by atoms with Crippen LogP contribution in [-0.2, 0) is 6.54 Å². The maximum atomic E-state index is 5.87. The van der Waals surface area contributed by atoms with E-state index >= 15 is 0 Å². The highest BCUT2D eigenvalue weighted by Crippen LogP contribution is 2.28. The molecule has 0 amide bonds. The Kier molecular flexibility index (Phi) is 8.95. The average molecular weight is 500 g/mol. The number of aromatic nitrogens is 1. The average Bonchev–Trinajstić information content (AvgIpc) is 3.30. The molecule has 2 aromatic rings. The topological polar surface area (TPSA) is 62.5 Å². The maximum Gasteiger partial charge on any atom is 0.216 e. The number of rotatable bonds is 6. The molecule has 0 aliphatic heterocycles. The molecule has 5 nitrogen and oxygen atoms in total. The van der Waals surface area contributed by atoms with Crippen molar-refractivity contribution in [1.29, 1.82) is 0 Å². The van der Waals surface area contributed by atoms with Gasteiger partial charge in [-0.1, -0.05) is 29.8 Å². The van der Waals surface area contributed by atoms with Gasteiger partial charge < -0.3 is 15.1 Å². The Labute approximate surface area is 183 Å². The van der Waals surface area contributed by atoms with Crippen molar-refractivity contribution in [2.24, 2.45) is 4.99 Å². The van der Waals surface area contributed by atoms with Crippen molar-refractivity contribution in [3.63, 3.8) is 0 Å². The molecule has 27 heavy (non-hydrogen) atoms. The number of oxazole rings is 1. The van der Waals surface area contributed by atoms with Crippen molar-refractivity contribution in [3.8, 4) is 11.3 Å².